The van der Waals surface area contributed by atoms with Crippen LogP contribution in [0.15, 0.2) is 22.5 Å². The van der Waals surface area contributed by atoms with Gasteiger partial charge in [0.15, 0.2) is 5.78 Å². The van der Waals surface area contributed by atoms with E-state index in [1.165, 1.54) is 33.6 Å². The van der Waals surface area contributed by atoms with Gasteiger partial charge in [0.05, 0.1) is 10.6 Å². The highest BCUT2D eigenvalue weighted by molar-refractivity contribution is 8.00. The van der Waals surface area contributed by atoms with Crippen LogP contribution in [0.1, 0.15) is 39.3 Å². The molecule has 4 rings (SSSR count). The fourth-order valence-corrected chi connectivity index (χ4v) is 6.39. The number of thiophene rings is 2. The minimum Gasteiger partial charge on any atom is -0.292 e. The molecule has 0 N–H and O–H groups in total. The molecule has 0 aliphatic heterocycles. The van der Waals surface area contributed by atoms with Crippen molar-refractivity contribution in [2.45, 2.75) is 38.1 Å². The summed E-state index contributed by atoms with van der Waals surface area (Å²) in [4.78, 5) is 25.0. The van der Waals surface area contributed by atoms with E-state index in [9.17, 15) is 4.79 Å². The third-order valence-corrected chi connectivity index (χ3v) is 7.40. The molecule has 24 heavy (non-hydrogen) atoms. The second-order valence-corrected chi connectivity index (χ2v) is 9.29. The Kier molecular flexibility index (Phi) is 4.45. The normalized spacial score (nSPS) is 17.2. The first kappa shape index (κ1) is 16.2. The maximum absolute atomic E-state index is 12.3. The molecule has 3 aromatic heterocycles. The summed E-state index contributed by atoms with van der Waals surface area (Å²) in [6, 6.07) is 3.81. The fourth-order valence-electron chi connectivity index (χ4n) is 3.16. The molecular weight excluding hydrogens is 356 g/mol. The predicted octanol–water partition coefficient (Wildman–Crippen LogP) is 5.16. The van der Waals surface area contributed by atoms with Crippen molar-refractivity contribution in [3.8, 4) is 0 Å². The molecule has 3 nitrogen and oxygen atoms in total. The lowest BCUT2D eigenvalue weighted by Gasteiger charge is -2.18. The Labute approximate surface area is 153 Å². The topological polar surface area (TPSA) is 42.9 Å². The van der Waals surface area contributed by atoms with E-state index in [4.69, 9.17) is 0 Å². The van der Waals surface area contributed by atoms with Crippen LogP contribution in [0.25, 0.3) is 10.2 Å². The molecular formula is C18H18N2OS3. The molecule has 6 heteroatoms. The number of carbonyl (C=O) groups excluding carboxylic acids is 1. The number of hydrogen-bond acceptors (Lipinski definition) is 6. The monoisotopic (exact) mass is 374 g/mol. The van der Waals surface area contributed by atoms with Gasteiger partial charge in [-0.05, 0) is 49.1 Å². The van der Waals surface area contributed by atoms with Crippen molar-refractivity contribution < 1.29 is 4.79 Å². The Morgan fingerprint density at radius 2 is 2.29 bits per heavy atom. The Hall–Kier alpha value is -1.24. The first-order valence-electron chi connectivity index (χ1n) is 8.10. The highest BCUT2D eigenvalue weighted by Crippen LogP contribution is 2.41. The van der Waals surface area contributed by atoms with E-state index >= 15 is 0 Å². The molecule has 3 aromatic rings. The van der Waals surface area contributed by atoms with Crippen molar-refractivity contribution in [1.82, 2.24) is 9.97 Å². The highest BCUT2D eigenvalue weighted by atomic mass is 32.2. The van der Waals surface area contributed by atoms with Crippen LogP contribution in [0.5, 0.6) is 0 Å². The second-order valence-electron chi connectivity index (χ2n) is 6.30. The maximum Gasteiger partial charge on any atom is 0.183 e. The molecule has 0 saturated carbocycles. The molecule has 3 heterocycles. The van der Waals surface area contributed by atoms with E-state index in [0.717, 1.165) is 39.3 Å². The maximum atomic E-state index is 12.3. The van der Waals surface area contributed by atoms with Gasteiger partial charge >= 0.3 is 0 Å². The molecule has 124 valence electrons. The van der Waals surface area contributed by atoms with Gasteiger partial charge in [0.1, 0.15) is 15.7 Å². The van der Waals surface area contributed by atoms with Crippen molar-refractivity contribution in [1.29, 1.82) is 0 Å². The van der Waals surface area contributed by atoms with Crippen LogP contribution in [0.4, 0.5) is 0 Å². The third kappa shape index (κ3) is 3.03. The van der Waals surface area contributed by atoms with Crippen LogP contribution in [-0.2, 0) is 12.8 Å². The molecule has 1 aliphatic carbocycles. The number of Topliss-reactive ketones (excluding diaryl/α,β-unsaturated/α-hetero) is 1. The average molecular weight is 375 g/mol. The van der Waals surface area contributed by atoms with Gasteiger partial charge in [-0.3, -0.25) is 4.79 Å². The van der Waals surface area contributed by atoms with Crippen LogP contribution >= 0.6 is 34.4 Å². The number of aryl methyl sites for hydroxylation is 2. The van der Waals surface area contributed by atoms with E-state index in [1.54, 1.807) is 11.8 Å². The zero-order chi connectivity index (χ0) is 16.7. The number of thioether (sulfide) groups is 1. The highest BCUT2D eigenvalue weighted by Gasteiger charge is 2.24. The van der Waals surface area contributed by atoms with E-state index in [-0.39, 0.29) is 5.78 Å². The molecule has 0 saturated heterocycles. The number of ketones is 1. The largest absolute Gasteiger partial charge is 0.292 e. The molecule has 0 fully saturated rings. The van der Waals surface area contributed by atoms with Crippen molar-refractivity contribution in [3.63, 3.8) is 0 Å². The summed E-state index contributed by atoms with van der Waals surface area (Å²) in [6.45, 7) is 4.26. The molecule has 0 radical (unpaired) electrons. The predicted molar refractivity (Wildman–Crippen MR) is 103 cm³/mol. The van der Waals surface area contributed by atoms with E-state index in [1.807, 2.05) is 35.8 Å². The van der Waals surface area contributed by atoms with Crippen LogP contribution in [-0.4, -0.2) is 21.5 Å². The number of aromatic nitrogens is 2. The summed E-state index contributed by atoms with van der Waals surface area (Å²) in [5.41, 5.74) is 1.43. The summed E-state index contributed by atoms with van der Waals surface area (Å²) in [6.07, 6.45) is 3.48. The zero-order valence-corrected chi connectivity index (χ0v) is 16.1. The number of fused-ring (bicyclic) bond motifs is 3. The van der Waals surface area contributed by atoms with Crippen molar-refractivity contribution in [2.75, 3.05) is 5.75 Å². The fraction of sp³-hybridized carbons (Fsp3) is 0.389. The Balaban J connectivity index is 1.68. The van der Waals surface area contributed by atoms with Crippen LogP contribution in [0, 0.1) is 12.8 Å². The lowest BCUT2D eigenvalue weighted by molar-refractivity contribution is 0.102. The second kappa shape index (κ2) is 6.58. The van der Waals surface area contributed by atoms with Gasteiger partial charge in [0.25, 0.3) is 0 Å². The van der Waals surface area contributed by atoms with Crippen molar-refractivity contribution >= 4 is 50.4 Å². The summed E-state index contributed by atoms with van der Waals surface area (Å²) in [7, 11) is 0. The van der Waals surface area contributed by atoms with Gasteiger partial charge in [-0.25, -0.2) is 9.97 Å². The molecule has 0 spiro atoms. The third-order valence-electron chi connectivity index (χ3n) is 4.37. The van der Waals surface area contributed by atoms with E-state index < -0.39 is 0 Å². The van der Waals surface area contributed by atoms with Gasteiger partial charge in [-0.15, -0.1) is 22.7 Å². The molecule has 0 amide bonds. The number of rotatable bonds is 4. The SMILES string of the molecule is Cc1nc(SCC(=O)c2cccs2)c2c3c(sc2n1)C[C@@H](C)CC3. The first-order valence-corrected chi connectivity index (χ1v) is 10.8. The summed E-state index contributed by atoms with van der Waals surface area (Å²) >= 11 is 4.88. The first-order chi connectivity index (χ1) is 11.6. The van der Waals surface area contributed by atoms with E-state index in [2.05, 4.69) is 16.9 Å². The van der Waals surface area contributed by atoms with Crippen molar-refractivity contribution in [3.05, 3.63) is 38.7 Å². The Bertz CT molecular complexity index is 899. The summed E-state index contributed by atoms with van der Waals surface area (Å²) < 4.78 is 0. The summed E-state index contributed by atoms with van der Waals surface area (Å²) in [5, 5.41) is 4.13. The smallest absolute Gasteiger partial charge is 0.183 e. The van der Waals surface area contributed by atoms with Gasteiger partial charge < -0.3 is 0 Å². The Morgan fingerprint density at radius 1 is 1.42 bits per heavy atom. The quantitative estimate of drug-likeness (QED) is 0.359. The Morgan fingerprint density at radius 3 is 3.08 bits per heavy atom. The minimum absolute atomic E-state index is 0.178. The zero-order valence-electron chi connectivity index (χ0n) is 13.7. The minimum atomic E-state index is 0.178. The molecule has 1 aliphatic rings. The number of nitrogens with zero attached hydrogens (tertiary/aromatic N) is 2. The molecule has 0 unspecified atom stereocenters. The van der Waals surface area contributed by atoms with Gasteiger partial charge in [0.2, 0.25) is 0 Å². The van der Waals surface area contributed by atoms with E-state index in [0.29, 0.717) is 5.75 Å². The number of carbonyl (C=O) groups is 1. The van der Waals surface area contributed by atoms with Gasteiger partial charge in [-0.2, -0.15) is 0 Å². The average Bonchev–Trinajstić information content (AvgIpc) is 3.18. The van der Waals surface area contributed by atoms with Gasteiger partial charge in [0, 0.05) is 10.3 Å². The molecule has 0 bridgehead atoms. The van der Waals surface area contributed by atoms with Crippen LogP contribution in [0.2, 0.25) is 0 Å². The van der Waals surface area contributed by atoms with Crippen LogP contribution in [0.3, 0.4) is 0 Å². The summed E-state index contributed by atoms with van der Waals surface area (Å²) in [5.74, 6) is 2.15. The standard InChI is InChI=1S/C18H18N2OS3/c1-10-5-6-12-15(8-10)24-18-16(12)17(19-11(2)20-18)23-9-13(21)14-4-3-7-22-14/h3-4,7,10H,5-6,8-9H2,1-2H3/t10-/m0/s1. The lowest BCUT2D eigenvalue weighted by Crippen LogP contribution is -2.09. The molecule has 0 aromatic carbocycles. The lowest BCUT2D eigenvalue weighted by atomic mass is 9.89. The van der Waals surface area contributed by atoms with Crippen LogP contribution < -0.4 is 0 Å². The van der Waals surface area contributed by atoms with Gasteiger partial charge in [-0.1, -0.05) is 24.8 Å². The van der Waals surface area contributed by atoms with Crippen molar-refractivity contribution in [2.24, 2.45) is 5.92 Å². The molecule has 1 atom stereocenters. The number of hydrogen-bond donors (Lipinski definition) is 0.